The number of pyridine rings is 1. The van der Waals surface area contributed by atoms with Gasteiger partial charge in [-0.2, -0.15) is 0 Å². The molecule has 142 valence electrons. The predicted molar refractivity (Wildman–Crippen MR) is 118 cm³/mol. The van der Waals surface area contributed by atoms with Crippen LogP contribution in [0.1, 0.15) is 58.2 Å². The molecule has 0 spiro atoms. The van der Waals surface area contributed by atoms with E-state index in [-0.39, 0.29) is 10.8 Å². The van der Waals surface area contributed by atoms with Crippen molar-refractivity contribution in [2.24, 2.45) is 7.05 Å². The number of aromatic nitrogens is 1. The molecule has 0 aliphatic rings. The molecule has 0 radical (unpaired) electrons. The molecule has 1 aromatic carbocycles. The molecule has 0 unspecified atom stereocenters. The Balaban J connectivity index is 2.80. The maximum atomic E-state index is 2.51. The summed E-state index contributed by atoms with van der Waals surface area (Å²) >= 11 is -2.00. The first-order valence-electron chi connectivity index (χ1n) is 9.78. The molecule has 0 aliphatic heterocycles. The van der Waals surface area contributed by atoms with Gasteiger partial charge in [-0.05, 0) is 0 Å². The fraction of sp³-hybridized carbons (Fsp3) is 0.542. The second-order valence-electron chi connectivity index (χ2n) is 10.9. The van der Waals surface area contributed by atoms with E-state index >= 15 is 0 Å². The van der Waals surface area contributed by atoms with E-state index in [0.717, 1.165) is 0 Å². The summed E-state index contributed by atoms with van der Waals surface area (Å²) in [6.45, 7) is 16.1. The molecule has 1 nitrogen and oxygen atoms in total. The van der Waals surface area contributed by atoms with Gasteiger partial charge >= 0.3 is 164 Å². The van der Waals surface area contributed by atoms with Gasteiger partial charge < -0.3 is 0 Å². The Morgan fingerprint density at radius 2 is 1.42 bits per heavy atom. The minimum atomic E-state index is -2.00. The van der Waals surface area contributed by atoms with Crippen LogP contribution in [0.15, 0.2) is 30.5 Å². The molecule has 2 rings (SSSR count). The molecule has 0 fully saturated rings. The molecular formula is C24H38GeN+. The van der Waals surface area contributed by atoms with Crippen LogP contribution in [0, 0.1) is 6.92 Å². The number of rotatable bonds is 2. The number of hydrogen-bond donors (Lipinski definition) is 0. The molecule has 0 amide bonds. The van der Waals surface area contributed by atoms with Crippen LogP contribution >= 0.6 is 0 Å². The average molecular weight is 413 g/mol. The summed E-state index contributed by atoms with van der Waals surface area (Å²) in [6.07, 6.45) is 2.39. The van der Waals surface area contributed by atoms with Crippen molar-refractivity contribution in [1.82, 2.24) is 0 Å². The second-order valence-corrected chi connectivity index (χ2v) is 21.4. The van der Waals surface area contributed by atoms with Crippen LogP contribution in [0.3, 0.4) is 0 Å². The standard InChI is InChI=1S/C24H38GeN/c1-17-12-13-18(23(2,3)4)14-19(17)22-15-21(25(8,9)10)20(16-26(22)11)24(5,6)7/h12-16H,1-11H3/q+1. The van der Waals surface area contributed by atoms with E-state index in [9.17, 15) is 0 Å². The first-order chi connectivity index (χ1) is 11.6. The zero-order chi connectivity index (χ0) is 20.1. The number of hydrogen-bond acceptors (Lipinski definition) is 0. The summed E-state index contributed by atoms with van der Waals surface area (Å²) in [6, 6.07) is 9.48. The fourth-order valence-electron chi connectivity index (χ4n) is 3.50. The summed E-state index contributed by atoms with van der Waals surface area (Å²) in [5.74, 6) is 7.52. The Morgan fingerprint density at radius 3 is 1.88 bits per heavy atom. The molecule has 26 heavy (non-hydrogen) atoms. The number of benzene rings is 1. The van der Waals surface area contributed by atoms with Crippen LogP contribution < -0.4 is 8.96 Å². The summed E-state index contributed by atoms with van der Waals surface area (Å²) in [5, 5.41) is 0. The Morgan fingerprint density at radius 1 is 0.846 bits per heavy atom. The molecule has 0 saturated carbocycles. The normalized spacial score (nSPS) is 13.2. The molecule has 1 heterocycles. The molecule has 2 heteroatoms. The van der Waals surface area contributed by atoms with Gasteiger partial charge in [-0.1, -0.05) is 0 Å². The van der Waals surface area contributed by atoms with Gasteiger partial charge in [0.15, 0.2) is 0 Å². The maximum absolute atomic E-state index is 2.51. The summed E-state index contributed by atoms with van der Waals surface area (Å²) in [7, 11) is 2.20. The van der Waals surface area contributed by atoms with E-state index in [0.29, 0.717) is 0 Å². The van der Waals surface area contributed by atoms with Crippen molar-refractivity contribution in [1.29, 1.82) is 0 Å². The van der Waals surface area contributed by atoms with Crippen molar-refractivity contribution < 1.29 is 4.57 Å². The molecule has 1 aromatic heterocycles. The monoisotopic (exact) mass is 414 g/mol. The van der Waals surface area contributed by atoms with Crippen molar-refractivity contribution in [2.45, 2.75) is 76.6 Å². The Hall–Kier alpha value is -1.09. The van der Waals surface area contributed by atoms with Crippen LogP contribution in [-0.4, -0.2) is 13.3 Å². The Bertz CT molecular complexity index is 812. The fourth-order valence-corrected chi connectivity index (χ4v) is 7.31. The SMILES string of the molecule is Cc1ccc(C(C)(C)C)cc1-c1c[c]([Ge]([CH3])([CH3])[CH3])c(C(C)(C)C)c[n+]1C. The quantitative estimate of drug-likeness (QED) is 0.444. The van der Waals surface area contributed by atoms with Gasteiger partial charge in [-0.25, -0.2) is 0 Å². The molecular weight excluding hydrogens is 375 g/mol. The summed E-state index contributed by atoms with van der Waals surface area (Å²) in [5.41, 5.74) is 7.32. The topological polar surface area (TPSA) is 3.88 Å². The van der Waals surface area contributed by atoms with Gasteiger partial charge in [0, 0.05) is 0 Å². The minimum absolute atomic E-state index is 0.164. The van der Waals surface area contributed by atoms with E-state index in [1.807, 2.05) is 0 Å². The van der Waals surface area contributed by atoms with Crippen molar-refractivity contribution in [3.8, 4) is 11.3 Å². The zero-order valence-electron chi connectivity index (χ0n) is 18.8. The van der Waals surface area contributed by atoms with E-state index < -0.39 is 13.3 Å². The van der Waals surface area contributed by atoms with Crippen molar-refractivity contribution in [3.05, 3.63) is 47.2 Å². The third-order valence-corrected chi connectivity index (χ3v) is 9.53. The number of nitrogens with zero attached hydrogens (tertiary/aromatic N) is 1. The van der Waals surface area contributed by atoms with Crippen molar-refractivity contribution in [3.63, 3.8) is 0 Å². The average Bonchev–Trinajstić information content (AvgIpc) is 2.44. The molecule has 0 N–H and O–H groups in total. The van der Waals surface area contributed by atoms with Gasteiger partial charge in [0.25, 0.3) is 0 Å². The van der Waals surface area contributed by atoms with Crippen LogP contribution in [-0.2, 0) is 17.9 Å². The zero-order valence-corrected chi connectivity index (χ0v) is 20.9. The first-order valence-corrected chi connectivity index (χ1v) is 17.1. The van der Waals surface area contributed by atoms with Crippen LogP contribution in [0.2, 0.25) is 17.3 Å². The predicted octanol–water partition coefficient (Wildman–Crippen LogP) is 5.63. The Kier molecular flexibility index (Phi) is 5.56. The van der Waals surface area contributed by atoms with Crippen LogP contribution in [0.25, 0.3) is 11.3 Å². The summed E-state index contributed by atoms with van der Waals surface area (Å²) < 4.78 is 3.97. The number of aryl methyl sites for hydroxylation is 2. The van der Waals surface area contributed by atoms with Crippen LogP contribution in [0.5, 0.6) is 0 Å². The van der Waals surface area contributed by atoms with Gasteiger partial charge in [0.05, 0.1) is 0 Å². The first kappa shape index (κ1) is 21.2. The third kappa shape index (κ3) is 4.42. The van der Waals surface area contributed by atoms with Crippen molar-refractivity contribution >= 4 is 17.7 Å². The van der Waals surface area contributed by atoms with Gasteiger partial charge in [-0.3, -0.25) is 0 Å². The second kappa shape index (κ2) is 6.82. The van der Waals surface area contributed by atoms with E-state index in [1.165, 1.54) is 27.9 Å². The third-order valence-electron chi connectivity index (χ3n) is 5.27. The molecule has 0 bridgehead atoms. The van der Waals surface area contributed by atoms with Gasteiger partial charge in [0.1, 0.15) is 0 Å². The Labute approximate surface area is 164 Å². The van der Waals surface area contributed by atoms with Gasteiger partial charge in [-0.15, -0.1) is 0 Å². The van der Waals surface area contributed by atoms with E-state index in [1.54, 1.807) is 4.40 Å². The van der Waals surface area contributed by atoms with E-state index in [4.69, 9.17) is 0 Å². The summed E-state index contributed by atoms with van der Waals surface area (Å²) in [4.78, 5) is 0. The molecule has 0 aliphatic carbocycles. The molecule has 0 atom stereocenters. The van der Waals surface area contributed by atoms with Crippen molar-refractivity contribution in [2.75, 3.05) is 0 Å². The molecule has 2 aromatic rings. The van der Waals surface area contributed by atoms with E-state index in [2.05, 4.69) is 108 Å². The van der Waals surface area contributed by atoms with Gasteiger partial charge in [0.2, 0.25) is 0 Å². The van der Waals surface area contributed by atoms with Crippen LogP contribution in [0.4, 0.5) is 0 Å². The molecule has 0 saturated heterocycles.